The summed E-state index contributed by atoms with van der Waals surface area (Å²) in [5.74, 6) is -0.0313. The summed E-state index contributed by atoms with van der Waals surface area (Å²) < 4.78 is 0. The summed E-state index contributed by atoms with van der Waals surface area (Å²) in [5, 5.41) is 25.3. The summed E-state index contributed by atoms with van der Waals surface area (Å²) in [4.78, 5) is 31.7. The minimum absolute atomic E-state index is 0.00931. The van der Waals surface area contributed by atoms with Crippen LogP contribution in [0.5, 0.6) is 0 Å². The summed E-state index contributed by atoms with van der Waals surface area (Å²) >= 11 is 0. The Bertz CT molecular complexity index is 634. The SMILES string of the molecule is CC(C)(C)C(=O)C/C=N\Nc1ccc([N+](=O)[O-])cc1[N+](=O)[O-]. The van der Waals surface area contributed by atoms with Gasteiger partial charge in [0.15, 0.2) is 0 Å². The first kappa shape index (κ1) is 17.2. The van der Waals surface area contributed by atoms with Crippen molar-refractivity contribution in [2.75, 3.05) is 5.43 Å². The predicted octanol–water partition coefficient (Wildman–Crippen LogP) is 2.91. The Balaban J connectivity index is 2.84. The lowest BCUT2D eigenvalue weighted by Crippen LogP contribution is -2.20. The Hall–Kier alpha value is -2.84. The molecule has 0 saturated carbocycles. The van der Waals surface area contributed by atoms with Crippen LogP contribution in [0.4, 0.5) is 17.1 Å². The van der Waals surface area contributed by atoms with E-state index in [1.807, 2.05) is 0 Å². The number of nitro groups is 2. The fourth-order valence-electron chi connectivity index (χ4n) is 1.43. The maximum Gasteiger partial charge on any atom is 0.301 e. The molecule has 22 heavy (non-hydrogen) atoms. The van der Waals surface area contributed by atoms with E-state index in [0.29, 0.717) is 0 Å². The smallest absolute Gasteiger partial charge is 0.299 e. The molecular formula is C13H16N4O5. The second kappa shape index (κ2) is 6.74. The van der Waals surface area contributed by atoms with Gasteiger partial charge in [-0.3, -0.25) is 30.4 Å². The van der Waals surface area contributed by atoms with Gasteiger partial charge in [-0.15, -0.1) is 0 Å². The third-order valence-corrected chi connectivity index (χ3v) is 2.78. The molecule has 0 aliphatic rings. The van der Waals surface area contributed by atoms with E-state index in [-0.39, 0.29) is 23.6 Å². The first-order valence-corrected chi connectivity index (χ1v) is 6.36. The highest BCUT2D eigenvalue weighted by Crippen LogP contribution is 2.28. The van der Waals surface area contributed by atoms with Gasteiger partial charge >= 0.3 is 5.69 Å². The van der Waals surface area contributed by atoms with Crippen LogP contribution in [0.2, 0.25) is 0 Å². The van der Waals surface area contributed by atoms with E-state index < -0.39 is 20.9 Å². The van der Waals surface area contributed by atoms with Gasteiger partial charge in [-0.1, -0.05) is 20.8 Å². The van der Waals surface area contributed by atoms with Crippen LogP contribution in [-0.2, 0) is 4.79 Å². The second-order valence-corrected chi connectivity index (χ2v) is 5.52. The van der Waals surface area contributed by atoms with E-state index in [9.17, 15) is 25.0 Å². The van der Waals surface area contributed by atoms with Crippen LogP contribution < -0.4 is 5.43 Å². The summed E-state index contributed by atoms with van der Waals surface area (Å²) in [6.45, 7) is 5.33. The zero-order chi connectivity index (χ0) is 16.9. The maximum absolute atomic E-state index is 11.7. The van der Waals surface area contributed by atoms with Crippen molar-refractivity contribution in [3.63, 3.8) is 0 Å². The molecule has 0 bridgehead atoms. The van der Waals surface area contributed by atoms with E-state index >= 15 is 0 Å². The van der Waals surface area contributed by atoms with E-state index in [0.717, 1.165) is 12.1 Å². The molecule has 9 heteroatoms. The van der Waals surface area contributed by atoms with Gasteiger partial charge in [-0.2, -0.15) is 5.10 Å². The van der Waals surface area contributed by atoms with Crippen molar-refractivity contribution in [2.24, 2.45) is 10.5 Å². The van der Waals surface area contributed by atoms with Crippen LogP contribution >= 0.6 is 0 Å². The summed E-state index contributed by atoms with van der Waals surface area (Å²) in [6, 6.07) is 3.17. The molecule has 0 spiro atoms. The molecule has 0 amide bonds. The van der Waals surface area contributed by atoms with Crippen LogP contribution in [0.25, 0.3) is 0 Å². The van der Waals surface area contributed by atoms with Crippen LogP contribution in [0.15, 0.2) is 23.3 Å². The number of ketones is 1. The molecule has 0 aromatic heterocycles. The van der Waals surface area contributed by atoms with Crippen LogP contribution in [0.3, 0.4) is 0 Å². The minimum Gasteiger partial charge on any atom is -0.299 e. The van der Waals surface area contributed by atoms with Gasteiger partial charge in [0.1, 0.15) is 11.5 Å². The van der Waals surface area contributed by atoms with Gasteiger partial charge < -0.3 is 0 Å². The van der Waals surface area contributed by atoms with Crippen molar-refractivity contribution in [1.29, 1.82) is 0 Å². The van der Waals surface area contributed by atoms with Gasteiger partial charge in [0.25, 0.3) is 5.69 Å². The number of hydrogen-bond donors (Lipinski definition) is 1. The maximum atomic E-state index is 11.7. The molecule has 0 radical (unpaired) electrons. The molecule has 0 heterocycles. The number of anilines is 1. The number of carbonyl (C=O) groups excluding carboxylic acids is 1. The standard InChI is InChI=1S/C13H16N4O5/c1-13(2,3)12(18)6-7-14-15-10-5-4-9(16(19)20)8-11(10)17(21)22/h4-5,7-8,15H,6H2,1-3H3/b14-7-. The fourth-order valence-corrected chi connectivity index (χ4v) is 1.43. The lowest BCUT2D eigenvalue weighted by molar-refractivity contribution is -0.393. The van der Waals surface area contributed by atoms with Gasteiger partial charge in [0.05, 0.1) is 15.9 Å². The van der Waals surface area contributed by atoms with Crippen molar-refractivity contribution in [2.45, 2.75) is 27.2 Å². The molecule has 0 aliphatic carbocycles. The number of hydrogen-bond acceptors (Lipinski definition) is 7. The average Bonchev–Trinajstić information content (AvgIpc) is 2.41. The summed E-state index contributed by atoms with van der Waals surface area (Å²) in [5.41, 5.74) is 1.09. The normalized spacial score (nSPS) is 11.4. The molecule has 0 atom stereocenters. The van der Waals surface area contributed by atoms with Gasteiger partial charge in [0, 0.05) is 24.1 Å². The van der Waals surface area contributed by atoms with Crippen molar-refractivity contribution in [3.05, 3.63) is 38.4 Å². The molecule has 0 fully saturated rings. The zero-order valence-corrected chi connectivity index (χ0v) is 12.4. The monoisotopic (exact) mass is 308 g/mol. The molecule has 0 unspecified atom stereocenters. The first-order chi connectivity index (χ1) is 10.1. The number of nitro benzene ring substituents is 2. The Kier molecular flexibility index (Phi) is 5.28. The zero-order valence-electron chi connectivity index (χ0n) is 12.4. The first-order valence-electron chi connectivity index (χ1n) is 6.36. The second-order valence-electron chi connectivity index (χ2n) is 5.52. The Morgan fingerprint density at radius 3 is 2.41 bits per heavy atom. The Morgan fingerprint density at radius 2 is 1.91 bits per heavy atom. The van der Waals surface area contributed by atoms with Crippen LogP contribution in [0.1, 0.15) is 27.2 Å². The summed E-state index contributed by atoms with van der Waals surface area (Å²) in [6.07, 6.45) is 1.38. The number of nitrogens with one attached hydrogen (secondary N) is 1. The lowest BCUT2D eigenvalue weighted by atomic mass is 9.89. The molecule has 0 saturated heterocycles. The van der Waals surface area contributed by atoms with E-state index in [2.05, 4.69) is 10.5 Å². The molecule has 118 valence electrons. The van der Waals surface area contributed by atoms with Crippen molar-refractivity contribution >= 4 is 29.1 Å². The molecule has 1 aromatic rings. The minimum atomic E-state index is -0.745. The number of nitrogens with zero attached hydrogens (tertiary/aromatic N) is 3. The van der Waals surface area contributed by atoms with Gasteiger partial charge in [-0.25, -0.2) is 0 Å². The largest absolute Gasteiger partial charge is 0.301 e. The quantitative estimate of drug-likeness (QED) is 0.489. The number of carbonyl (C=O) groups is 1. The topological polar surface area (TPSA) is 128 Å². The van der Waals surface area contributed by atoms with Crippen LogP contribution in [0, 0.1) is 25.6 Å². The van der Waals surface area contributed by atoms with Gasteiger partial charge in [0.2, 0.25) is 0 Å². The molecular weight excluding hydrogens is 292 g/mol. The van der Waals surface area contributed by atoms with Crippen molar-refractivity contribution in [3.8, 4) is 0 Å². The molecule has 1 N–H and O–H groups in total. The van der Waals surface area contributed by atoms with Crippen LogP contribution in [-0.4, -0.2) is 21.8 Å². The lowest BCUT2D eigenvalue weighted by Gasteiger charge is -2.14. The highest BCUT2D eigenvalue weighted by atomic mass is 16.6. The number of Topliss-reactive ketones (excluding diaryl/α,β-unsaturated/α-hetero) is 1. The highest BCUT2D eigenvalue weighted by molar-refractivity contribution is 5.94. The summed E-state index contributed by atoms with van der Waals surface area (Å²) in [7, 11) is 0. The number of rotatable bonds is 6. The third-order valence-electron chi connectivity index (χ3n) is 2.78. The molecule has 9 nitrogen and oxygen atoms in total. The van der Waals surface area contributed by atoms with E-state index in [1.54, 1.807) is 20.8 Å². The van der Waals surface area contributed by atoms with Crippen molar-refractivity contribution in [1.82, 2.24) is 0 Å². The molecule has 1 aromatic carbocycles. The Morgan fingerprint density at radius 1 is 1.27 bits per heavy atom. The predicted molar refractivity (Wildman–Crippen MR) is 80.9 cm³/mol. The van der Waals surface area contributed by atoms with E-state index in [4.69, 9.17) is 0 Å². The number of non-ortho nitro benzene ring substituents is 1. The average molecular weight is 308 g/mol. The van der Waals surface area contributed by atoms with E-state index in [1.165, 1.54) is 12.3 Å². The van der Waals surface area contributed by atoms with Crippen molar-refractivity contribution < 1.29 is 14.6 Å². The third kappa shape index (κ3) is 4.62. The number of hydrazone groups is 1. The molecule has 1 rings (SSSR count). The van der Waals surface area contributed by atoms with Gasteiger partial charge in [-0.05, 0) is 6.07 Å². The Labute approximate surface area is 126 Å². The molecule has 0 aliphatic heterocycles. The number of benzene rings is 1. The highest BCUT2D eigenvalue weighted by Gasteiger charge is 2.20. The fraction of sp³-hybridized carbons (Fsp3) is 0.385.